The molecule has 5 nitrogen and oxygen atoms in total. The Labute approximate surface area is 125 Å². The molecular weight excluding hydrogens is 293 g/mol. The Bertz CT molecular complexity index is 674. The highest BCUT2D eigenvalue weighted by Crippen LogP contribution is 2.26. The average Bonchev–Trinajstić information content (AvgIpc) is 2.46. The van der Waals surface area contributed by atoms with Crippen LogP contribution >= 0.6 is 12.2 Å². The number of para-hydroxylation sites is 1. The predicted octanol–water partition coefficient (Wildman–Crippen LogP) is 2.56. The molecule has 0 saturated heterocycles. The van der Waals surface area contributed by atoms with Crippen LogP contribution in [0.5, 0.6) is 11.5 Å². The second kappa shape index (κ2) is 6.67. The molecule has 2 aromatic carbocycles. The van der Waals surface area contributed by atoms with E-state index in [-0.39, 0.29) is 22.4 Å². The monoisotopic (exact) mass is 305 g/mol. The number of aromatic hydroxyl groups is 2. The number of thiocarbonyl (C=S) groups is 1. The van der Waals surface area contributed by atoms with Gasteiger partial charge in [-0.05, 0) is 48.6 Å². The van der Waals surface area contributed by atoms with Crippen molar-refractivity contribution in [3.63, 3.8) is 0 Å². The molecule has 21 heavy (non-hydrogen) atoms. The summed E-state index contributed by atoms with van der Waals surface area (Å²) in [5, 5.41) is 25.7. The molecule has 4 N–H and O–H groups in total. The molecule has 0 radical (unpaired) electrons. The van der Waals surface area contributed by atoms with Crippen LogP contribution in [0.1, 0.15) is 5.56 Å². The smallest absolute Gasteiger partial charge is 0.191 e. The van der Waals surface area contributed by atoms with Gasteiger partial charge in [0.15, 0.2) is 16.6 Å². The number of phenolic OH excluding ortho intramolecular Hbond substituents is 2. The molecule has 0 heterocycles. The van der Waals surface area contributed by atoms with Crippen molar-refractivity contribution >= 4 is 29.2 Å². The molecular formula is C14H12FN3O2S. The maximum atomic E-state index is 12.7. The van der Waals surface area contributed by atoms with Gasteiger partial charge in [0.2, 0.25) is 0 Å². The molecule has 0 fully saturated rings. The van der Waals surface area contributed by atoms with Crippen molar-refractivity contribution in [3.8, 4) is 11.5 Å². The Morgan fingerprint density at radius 3 is 2.57 bits per heavy atom. The lowest BCUT2D eigenvalue weighted by molar-refractivity contribution is 0.403. The van der Waals surface area contributed by atoms with Gasteiger partial charge in [-0.1, -0.05) is 6.07 Å². The second-order valence-electron chi connectivity index (χ2n) is 4.05. The van der Waals surface area contributed by atoms with E-state index < -0.39 is 0 Å². The molecule has 2 rings (SSSR count). The summed E-state index contributed by atoms with van der Waals surface area (Å²) in [6.07, 6.45) is 1.31. The van der Waals surface area contributed by atoms with Gasteiger partial charge in [0.1, 0.15) is 5.82 Å². The zero-order valence-corrected chi connectivity index (χ0v) is 11.6. The minimum atomic E-state index is -0.336. The summed E-state index contributed by atoms with van der Waals surface area (Å²) in [5.41, 5.74) is 3.50. The zero-order chi connectivity index (χ0) is 15.2. The topological polar surface area (TPSA) is 76.9 Å². The highest BCUT2D eigenvalue weighted by atomic mass is 32.1. The predicted molar refractivity (Wildman–Crippen MR) is 83.1 cm³/mol. The molecule has 0 bridgehead atoms. The van der Waals surface area contributed by atoms with E-state index in [2.05, 4.69) is 15.8 Å². The van der Waals surface area contributed by atoms with E-state index in [1.165, 1.54) is 36.5 Å². The summed E-state index contributed by atoms with van der Waals surface area (Å²) in [4.78, 5) is 0. The normalized spacial score (nSPS) is 10.5. The van der Waals surface area contributed by atoms with Crippen LogP contribution in [0.2, 0.25) is 0 Å². The molecule has 0 unspecified atom stereocenters. The minimum absolute atomic E-state index is 0.206. The summed E-state index contributed by atoms with van der Waals surface area (Å²) < 4.78 is 12.7. The molecule has 0 amide bonds. The van der Waals surface area contributed by atoms with Gasteiger partial charge < -0.3 is 15.5 Å². The Morgan fingerprint density at radius 1 is 1.14 bits per heavy atom. The third-order valence-corrected chi connectivity index (χ3v) is 2.71. The third-order valence-electron chi connectivity index (χ3n) is 2.52. The van der Waals surface area contributed by atoms with Gasteiger partial charge in [0, 0.05) is 11.3 Å². The number of hydrogen-bond donors (Lipinski definition) is 4. The maximum Gasteiger partial charge on any atom is 0.191 e. The molecule has 2 aromatic rings. The quantitative estimate of drug-likeness (QED) is 0.303. The van der Waals surface area contributed by atoms with Crippen LogP contribution in [0, 0.1) is 5.82 Å². The van der Waals surface area contributed by atoms with Crippen molar-refractivity contribution in [3.05, 3.63) is 53.8 Å². The first-order valence-corrected chi connectivity index (χ1v) is 6.33. The van der Waals surface area contributed by atoms with E-state index >= 15 is 0 Å². The van der Waals surface area contributed by atoms with Crippen LogP contribution in [0.15, 0.2) is 47.6 Å². The SMILES string of the molecule is Oc1cccc(/C=N/NC(=S)Nc2ccc(F)cc2)c1O. The van der Waals surface area contributed by atoms with E-state index in [1.54, 1.807) is 12.1 Å². The number of nitrogens with one attached hydrogen (secondary N) is 2. The van der Waals surface area contributed by atoms with E-state index in [0.29, 0.717) is 11.3 Å². The molecule has 0 aliphatic rings. The molecule has 0 atom stereocenters. The minimum Gasteiger partial charge on any atom is -0.504 e. The number of benzene rings is 2. The van der Waals surface area contributed by atoms with Crippen LogP contribution in [0.3, 0.4) is 0 Å². The van der Waals surface area contributed by atoms with E-state index in [0.717, 1.165) is 0 Å². The Kier molecular flexibility index (Phi) is 4.68. The summed E-state index contributed by atoms with van der Waals surface area (Å²) >= 11 is 5.00. The van der Waals surface area contributed by atoms with Gasteiger partial charge in [-0.15, -0.1) is 0 Å². The number of anilines is 1. The van der Waals surface area contributed by atoms with E-state index in [1.807, 2.05) is 0 Å². The highest BCUT2D eigenvalue weighted by molar-refractivity contribution is 7.80. The first-order valence-electron chi connectivity index (χ1n) is 5.93. The first-order chi connectivity index (χ1) is 10.1. The van der Waals surface area contributed by atoms with Crippen molar-refractivity contribution in [2.75, 3.05) is 5.32 Å². The van der Waals surface area contributed by atoms with Crippen molar-refractivity contribution in [2.45, 2.75) is 0 Å². The largest absolute Gasteiger partial charge is 0.504 e. The molecule has 0 spiro atoms. The van der Waals surface area contributed by atoms with Crippen molar-refractivity contribution < 1.29 is 14.6 Å². The Morgan fingerprint density at radius 2 is 1.86 bits per heavy atom. The van der Waals surface area contributed by atoms with Crippen molar-refractivity contribution in [2.24, 2.45) is 5.10 Å². The van der Waals surface area contributed by atoms with Crippen LogP contribution < -0.4 is 10.7 Å². The summed E-state index contributed by atoms with van der Waals surface area (Å²) in [5.74, 6) is -0.830. The van der Waals surface area contributed by atoms with Gasteiger partial charge in [0.25, 0.3) is 0 Å². The van der Waals surface area contributed by atoms with Crippen LogP contribution in [-0.2, 0) is 0 Å². The fourth-order valence-electron chi connectivity index (χ4n) is 1.51. The van der Waals surface area contributed by atoms with Gasteiger partial charge in [0.05, 0.1) is 6.21 Å². The second-order valence-corrected chi connectivity index (χ2v) is 4.45. The maximum absolute atomic E-state index is 12.7. The van der Waals surface area contributed by atoms with Crippen LogP contribution in [0.4, 0.5) is 10.1 Å². The molecule has 0 saturated carbocycles. The lowest BCUT2D eigenvalue weighted by atomic mass is 10.2. The van der Waals surface area contributed by atoms with E-state index in [9.17, 15) is 14.6 Å². The fraction of sp³-hybridized carbons (Fsp3) is 0. The van der Waals surface area contributed by atoms with Crippen molar-refractivity contribution in [1.82, 2.24) is 5.43 Å². The van der Waals surface area contributed by atoms with E-state index in [4.69, 9.17) is 12.2 Å². The highest BCUT2D eigenvalue weighted by Gasteiger charge is 2.02. The lowest BCUT2D eigenvalue weighted by Gasteiger charge is -2.06. The van der Waals surface area contributed by atoms with Crippen molar-refractivity contribution in [1.29, 1.82) is 0 Å². The van der Waals surface area contributed by atoms with Gasteiger partial charge in [-0.3, -0.25) is 5.43 Å². The number of hydrazone groups is 1. The number of phenols is 2. The summed E-state index contributed by atoms with van der Waals surface area (Å²) in [6, 6.07) is 10.2. The third kappa shape index (κ3) is 4.15. The fourth-order valence-corrected chi connectivity index (χ4v) is 1.68. The Hall–Kier alpha value is -2.67. The number of hydrogen-bond acceptors (Lipinski definition) is 4. The molecule has 108 valence electrons. The van der Waals surface area contributed by atoms with Gasteiger partial charge in [-0.25, -0.2) is 4.39 Å². The average molecular weight is 305 g/mol. The van der Waals surface area contributed by atoms with Crippen LogP contribution in [0.25, 0.3) is 0 Å². The standard InChI is InChI=1S/C14H12FN3O2S/c15-10-4-6-11(7-5-10)17-14(21)18-16-8-9-2-1-3-12(19)13(9)20/h1-8,19-20H,(H2,17,18,21)/b16-8+. The molecule has 0 aliphatic heterocycles. The lowest BCUT2D eigenvalue weighted by Crippen LogP contribution is -2.23. The summed E-state index contributed by atoms with van der Waals surface area (Å²) in [6.45, 7) is 0. The number of nitrogens with zero attached hydrogens (tertiary/aromatic N) is 1. The molecule has 0 aliphatic carbocycles. The van der Waals surface area contributed by atoms with Gasteiger partial charge >= 0.3 is 0 Å². The number of rotatable bonds is 3. The number of halogens is 1. The molecule has 0 aromatic heterocycles. The van der Waals surface area contributed by atoms with Crippen LogP contribution in [-0.4, -0.2) is 21.5 Å². The zero-order valence-electron chi connectivity index (χ0n) is 10.7. The molecule has 7 heteroatoms. The Balaban J connectivity index is 1.93. The first kappa shape index (κ1) is 14.7. The summed E-state index contributed by atoms with van der Waals surface area (Å²) in [7, 11) is 0. The van der Waals surface area contributed by atoms with Gasteiger partial charge in [-0.2, -0.15) is 5.10 Å².